The first kappa shape index (κ1) is 35.3. The molecule has 0 saturated carbocycles. The zero-order valence-electron chi connectivity index (χ0n) is 27.5. The number of anilines is 3. The smallest absolute Gasteiger partial charge is 0.261 e. The van der Waals surface area contributed by atoms with E-state index in [1.54, 1.807) is 54.3 Å². The van der Waals surface area contributed by atoms with Crippen LogP contribution >= 0.6 is 0 Å². The van der Waals surface area contributed by atoms with Crippen molar-refractivity contribution in [2.24, 2.45) is 5.92 Å². The Hall–Kier alpha value is -4.98. The number of nitrogens with zero attached hydrogens (tertiary/aromatic N) is 2. The van der Waals surface area contributed by atoms with Crippen molar-refractivity contribution in [3.05, 3.63) is 114 Å². The average Bonchev–Trinajstić information content (AvgIpc) is 3.07. The molecular formula is C36H40FN5O6S. The lowest BCUT2D eigenvalue weighted by Gasteiger charge is -2.38. The fourth-order valence-corrected chi connectivity index (χ4v) is 6.63. The first-order chi connectivity index (χ1) is 23.3. The first-order valence-electron chi connectivity index (χ1n) is 15.8. The monoisotopic (exact) mass is 689 g/mol. The number of carbonyl (C=O) groups excluding carboxylic acids is 2. The highest BCUT2D eigenvalue weighted by atomic mass is 32.2. The lowest BCUT2D eigenvalue weighted by molar-refractivity contribution is 0.0341. The number of nitrogens with one attached hydrogen (secondary N) is 2. The van der Waals surface area contributed by atoms with E-state index in [2.05, 4.69) is 14.9 Å². The van der Waals surface area contributed by atoms with Crippen LogP contribution in [-0.4, -0.2) is 74.0 Å². The molecule has 0 spiro atoms. The summed E-state index contributed by atoms with van der Waals surface area (Å²) in [6.07, 6.45) is -0.381. The molecule has 0 saturated heterocycles. The van der Waals surface area contributed by atoms with Gasteiger partial charge in [-0.05, 0) is 86.3 Å². The van der Waals surface area contributed by atoms with Gasteiger partial charge in [-0.3, -0.25) is 19.2 Å². The standard InChI is InChI=1S/C36H40FN5O6S/c1-23-19-42(24(2)22-43)36(45)30-18-28(40-49(46,47)29-15-12-27(37)13-16-29)14-17-33(30)48-34(23)21-41(3)20-25-8-10-26(11-9-25)35(44)39-32-7-5-4-6-31(32)38/h4-18,23-24,34,40,43H,19-22,38H2,1-3H3,(H,39,44)/t23-,24-,34+/m1/s1. The Morgan fingerprint density at radius 2 is 1.78 bits per heavy atom. The number of sulfonamides is 1. The highest BCUT2D eigenvalue weighted by Crippen LogP contribution is 2.31. The fourth-order valence-electron chi connectivity index (χ4n) is 5.58. The Balaban J connectivity index is 1.32. The normalized spacial score (nSPS) is 17.0. The molecule has 49 heavy (non-hydrogen) atoms. The van der Waals surface area contributed by atoms with Gasteiger partial charge in [-0.15, -0.1) is 0 Å². The summed E-state index contributed by atoms with van der Waals surface area (Å²) in [5, 5.41) is 12.8. The summed E-state index contributed by atoms with van der Waals surface area (Å²) in [5.74, 6) is -1.10. The third-order valence-electron chi connectivity index (χ3n) is 8.41. The topological polar surface area (TPSA) is 154 Å². The SMILES string of the molecule is C[C@@H]1CN([C@H](C)CO)C(=O)c2cc(NS(=O)(=O)c3ccc(F)cc3)ccc2O[C@H]1CN(C)Cc1ccc(C(=O)Nc2ccccc2N)cc1. The number of fused-ring (bicyclic) bond motifs is 1. The Morgan fingerprint density at radius 1 is 1.08 bits per heavy atom. The molecular weight excluding hydrogens is 649 g/mol. The lowest BCUT2D eigenvalue weighted by atomic mass is 9.99. The number of nitrogen functional groups attached to an aromatic ring is 1. The minimum Gasteiger partial charge on any atom is -0.488 e. The van der Waals surface area contributed by atoms with E-state index in [-0.39, 0.29) is 46.4 Å². The van der Waals surface area contributed by atoms with E-state index in [4.69, 9.17) is 10.5 Å². The van der Waals surface area contributed by atoms with Crippen molar-refractivity contribution in [3.8, 4) is 5.75 Å². The minimum absolute atomic E-state index is 0.128. The second-order valence-electron chi connectivity index (χ2n) is 12.3. The van der Waals surface area contributed by atoms with E-state index >= 15 is 0 Å². The number of rotatable bonds is 11. The van der Waals surface area contributed by atoms with Gasteiger partial charge in [0.15, 0.2) is 0 Å². The molecule has 0 unspecified atom stereocenters. The Kier molecular flexibility index (Phi) is 10.9. The number of carbonyl (C=O) groups is 2. The number of para-hydroxylation sites is 2. The van der Waals surface area contributed by atoms with Crippen LogP contribution in [-0.2, 0) is 16.6 Å². The molecule has 1 aliphatic heterocycles. The lowest BCUT2D eigenvalue weighted by Crippen LogP contribution is -2.49. The number of likely N-dealkylation sites (N-methyl/N-ethyl adjacent to an activating group) is 1. The maximum Gasteiger partial charge on any atom is 0.261 e. The van der Waals surface area contributed by atoms with Crippen molar-refractivity contribution < 1.29 is 32.2 Å². The number of amides is 2. The second-order valence-corrected chi connectivity index (χ2v) is 14.0. The molecule has 5 N–H and O–H groups in total. The summed E-state index contributed by atoms with van der Waals surface area (Å²) in [4.78, 5) is 30.1. The van der Waals surface area contributed by atoms with Gasteiger partial charge < -0.3 is 25.8 Å². The van der Waals surface area contributed by atoms with E-state index < -0.39 is 27.8 Å². The van der Waals surface area contributed by atoms with Gasteiger partial charge in [-0.25, -0.2) is 12.8 Å². The van der Waals surface area contributed by atoms with Crippen molar-refractivity contribution in [2.75, 3.05) is 42.5 Å². The Bertz CT molecular complexity index is 1910. The molecule has 5 rings (SSSR count). The Morgan fingerprint density at radius 3 is 2.45 bits per heavy atom. The van der Waals surface area contributed by atoms with Crippen molar-refractivity contribution in [1.82, 2.24) is 9.80 Å². The van der Waals surface area contributed by atoms with E-state index in [9.17, 15) is 27.5 Å². The number of halogens is 1. The largest absolute Gasteiger partial charge is 0.488 e. The molecule has 4 aromatic rings. The summed E-state index contributed by atoms with van der Waals surface area (Å²) in [6.45, 7) is 4.78. The first-order valence-corrected chi connectivity index (χ1v) is 17.3. The third kappa shape index (κ3) is 8.55. The van der Waals surface area contributed by atoms with Crippen LogP contribution in [0.1, 0.15) is 40.1 Å². The Labute approximate surface area is 285 Å². The van der Waals surface area contributed by atoms with E-state index in [0.717, 1.165) is 29.8 Å². The highest BCUT2D eigenvalue weighted by Gasteiger charge is 2.34. The number of ether oxygens (including phenoxy) is 1. The van der Waals surface area contributed by atoms with Crippen LogP contribution in [0.4, 0.5) is 21.5 Å². The molecule has 1 heterocycles. The van der Waals surface area contributed by atoms with Crippen LogP contribution in [0.15, 0.2) is 95.9 Å². The third-order valence-corrected chi connectivity index (χ3v) is 9.81. The summed E-state index contributed by atoms with van der Waals surface area (Å²) in [6, 6.07) is 22.7. The molecule has 258 valence electrons. The van der Waals surface area contributed by atoms with Gasteiger partial charge in [-0.1, -0.05) is 31.2 Å². The summed E-state index contributed by atoms with van der Waals surface area (Å²) in [7, 11) is -2.12. The molecule has 3 atom stereocenters. The van der Waals surface area contributed by atoms with Crippen molar-refractivity contribution in [3.63, 3.8) is 0 Å². The number of aliphatic hydroxyl groups excluding tert-OH is 1. The van der Waals surface area contributed by atoms with Crippen molar-refractivity contribution in [2.45, 2.75) is 37.4 Å². The quantitative estimate of drug-likeness (QED) is 0.164. The summed E-state index contributed by atoms with van der Waals surface area (Å²) < 4.78 is 48.3. The van der Waals surface area contributed by atoms with Gasteiger partial charge in [0.2, 0.25) is 0 Å². The van der Waals surface area contributed by atoms with Crippen LogP contribution in [0.3, 0.4) is 0 Å². The molecule has 0 radical (unpaired) electrons. The zero-order valence-corrected chi connectivity index (χ0v) is 28.3. The second kappa shape index (κ2) is 15.1. The van der Waals surface area contributed by atoms with Crippen LogP contribution in [0.25, 0.3) is 0 Å². The van der Waals surface area contributed by atoms with Crippen LogP contribution < -0.4 is 20.5 Å². The van der Waals surface area contributed by atoms with Crippen molar-refractivity contribution in [1.29, 1.82) is 0 Å². The summed E-state index contributed by atoms with van der Waals surface area (Å²) in [5.41, 5.74) is 8.71. The maximum absolute atomic E-state index is 13.8. The fraction of sp³-hybridized carbons (Fsp3) is 0.278. The summed E-state index contributed by atoms with van der Waals surface area (Å²) >= 11 is 0. The molecule has 0 fully saturated rings. The van der Waals surface area contributed by atoms with E-state index in [1.807, 2.05) is 26.1 Å². The minimum atomic E-state index is -4.07. The molecule has 0 aliphatic carbocycles. The van der Waals surface area contributed by atoms with Crippen molar-refractivity contribution >= 4 is 38.9 Å². The van der Waals surface area contributed by atoms with Gasteiger partial charge in [0.05, 0.1) is 34.5 Å². The predicted octanol–water partition coefficient (Wildman–Crippen LogP) is 4.81. The van der Waals surface area contributed by atoms with Gasteiger partial charge >= 0.3 is 0 Å². The van der Waals surface area contributed by atoms with Crippen LogP contribution in [0.5, 0.6) is 5.75 Å². The molecule has 13 heteroatoms. The number of aliphatic hydroxyl groups is 1. The van der Waals surface area contributed by atoms with Gasteiger partial charge in [0, 0.05) is 36.8 Å². The number of hydrogen-bond acceptors (Lipinski definition) is 8. The molecule has 2 amide bonds. The van der Waals surface area contributed by atoms with E-state index in [1.165, 1.54) is 12.1 Å². The zero-order chi connectivity index (χ0) is 35.3. The molecule has 11 nitrogen and oxygen atoms in total. The number of hydrogen-bond donors (Lipinski definition) is 4. The average molecular weight is 690 g/mol. The van der Waals surface area contributed by atoms with Gasteiger partial charge in [0.25, 0.3) is 21.8 Å². The highest BCUT2D eigenvalue weighted by molar-refractivity contribution is 7.92. The maximum atomic E-state index is 13.8. The predicted molar refractivity (Wildman–Crippen MR) is 186 cm³/mol. The van der Waals surface area contributed by atoms with Crippen LogP contribution in [0.2, 0.25) is 0 Å². The molecule has 0 aromatic heterocycles. The van der Waals surface area contributed by atoms with Crippen LogP contribution in [0, 0.1) is 11.7 Å². The van der Waals surface area contributed by atoms with Gasteiger partial charge in [0.1, 0.15) is 17.7 Å². The molecule has 1 aliphatic rings. The number of benzene rings is 4. The molecule has 0 bridgehead atoms. The van der Waals surface area contributed by atoms with Gasteiger partial charge in [-0.2, -0.15) is 0 Å². The molecule has 4 aromatic carbocycles. The number of nitrogens with two attached hydrogens (primary N) is 1. The van der Waals surface area contributed by atoms with E-state index in [0.29, 0.717) is 36.6 Å².